The third-order valence-corrected chi connectivity index (χ3v) is 4.87. The number of para-hydroxylation sites is 1. The third kappa shape index (κ3) is 1.76. The lowest BCUT2D eigenvalue weighted by Crippen LogP contribution is -2.09. The first kappa shape index (κ1) is 11.1. The Balaban J connectivity index is 1.69. The van der Waals surface area contributed by atoms with Gasteiger partial charge in [0.2, 0.25) is 0 Å². The Hall–Kier alpha value is -1.77. The molecule has 1 aromatic carbocycles. The van der Waals surface area contributed by atoms with E-state index in [9.17, 15) is 0 Å². The molecule has 2 saturated carbocycles. The molecule has 2 aliphatic carbocycles. The van der Waals surface area contributed by atoms with Crippen LogP contribution in [0, 0.1) is 11.8 Å². The van der Waals surface area contributed by atoms with Gasteiger partial charge < -0.3 is 5.73 Å². The Morgan fingerprint density at radius 3 is 2.63 bits per heavy atom. The molecule has 2 bridgehead atoms. The first-order chi connectivity index (χ1) is 9.31. The Morgan fingerprint density at radius 2 is 1.95 bits per heavy atom. The van der Waals surface area contributed by atoms with Crippen LogP contribution >= 0.6 is 0 Å². The first-order valence-electron chi connectivity index (χ1n) is 7.22. The summed E-state index contributed by atoms with van der Waals surface area (Å²) < 4.78 is 1.88. The summed E-state index contributed by atoms with van der Waals surface area (Å²) in [5.74, 6) is 3.19. The largest absolute Gasteiger partial charge is 0.384 e. The van der Waals surface area contributed by atoms with Crippen LogP contribution < -0.4 is 5.73 Å². The van der Waals surface area contributed by atoms with Crippen molar-refractivity contribution in [1.29, 1.82) is 0 Å². The molecule has 3 heteroatoms. The maximum Gasteiger partial charge on any atom is 0.127 e. The second-order valence-corrected chi connectivity index (χ2v) is 6.02. The molecular weight excluding hydrogens is 234 g/mol. The number of anilines is 1. The summed E-state index contributed by atoms with van der Waals surface area (Å²) in [6.45, 7) is 0. The molecule has 0 spiro atoms. The molecular formula is C16H19N3. The highest BCUT2D eigenvalue weighted by molar-refractivity contribution is 5.43. The molecule has 2 N–H and O–H groups in total. The van der Waals surface area contributed by atoms with Gasteiger partial charge in [-0.1, -0.05) is 24.6 Å². The third-order valence-electron chi connectivity index (χ3n) is 4.87. The molecule has 1 heterocycles. The van der Waals surface area contributed by atoms with Gasteiger partial charge in [0.1, 0.15) is 5.82 Å². The smallest absolute Gasteiger partial charge is 0.127 e. The van der Waals surface area contributed by atoms with Gasteiger partial charge in [0.05, 0.1) is 11.4 Å². The van der Waals surface area contributed by atoms with Crippen LogP contribution in [0.2, 0.25) is 0 Å². The van der Waals surface area contributed by atoms with Crippen molar-refractivity contribution in [2.75, 3.05) is 5.73 Å². The van der Waals surface area contributed by atoms with E-state index in [1.54, 1.807) is 0 Å². The molecule has 98 valence electrons. The zero-order chi connectivity index (χ0) is 12.8. The average molecular weight is 253 g/mol. The molecule has 0 radical (unpaired) electrons. The van der Waals surface area contributed by atoms with Crippen LogP contribution in [0.15, 0.2) is 36.4 Å². The SMILES string of the molecule is Nc1cc(C2CC3CCC2C3)nn1-c1ccccc1. The van der Waals surface area contributed by atoms with E-state index in [0.29, 0.717) is 5.92 Å². The predicted octanol–water partition coefficient (Wildman–Crippen LogP) is 3.36. The highest BCUT2D eigenvalue weighted by atomic mass is 15.3. The van der Waals surface area contributed by atoms with Gasteiger partial charge in [0, 0.05) is 12.0 Å². The number of nitrogens with two attached hydrogens (primary N) is 1. The first-order valence-corrected chi connectivity index (χ1v) is 7.22. The zero-order valence-corrected chi connectivity index (χ0v) is 11.0. The minimum absolute atomic E-state index is 0.644. The van der Waals surface area contributed by atoms with Gasteiger partial charge in [-0.3, -0.25) is 0 Å². The van der Waals surface area contributed by atoms with Crippen LogP contribution in [0.25, 0.3) is 5.69 Å². The summed E-state index contributed by atoms with van der Waals surface area (Å²) in [6, 6.07) is 12.2. The van der Waals surface area contributed by atoms with E-state index >= 15 is 0 Å². The molecule has 2 fully saturated rings. The van der Waals surface area contributed by atoms with E-state index in [0.717, 1.165) is 23.3 Å². The van der Waals surface area contributed by atoms with Crippen LogP contribution in [0.5, 0.6) is 0 Å². The van der Waals surface area contributed by atoms with Gasteiger partial charge in [-0.2, -0.15) is 5.10 Å². The van der Waals surface area contributed by atoms with E-state index in [4.69, 9.17) is 10.8 Å². The lowest BCUT2D eigenvalue weighted by atomic mass is 9.86. The highest BCUT2D eigenvalue weighted by Gasteiger charge is 2.41. The number of hydrogen-bond donors (Lipinski definition) is 1. The zero-order valence-electron chi connectivity index (χ0n) is 11.0. The Kier molecular flexibility index (Phi) is 2.40. The number of benzene rings is 1. The minimum atomic E-state index is 0.644. The number of rotatable bonds is 2. The summed E-state index contributed by atoms with van der Waals surface area (Å²) in [5.41, 5.74) is 8.39. The summed E-state index contributed by atoms with van der Waals surface area (Å²) in [7, 11) is 0. The van der Waals surface area contributed by atoms with Gasteiger partial charge in [0.25, 0.3) is 0 Å². The molecule has 4 rings (SSSR count). The molecule has 2 aliphatic rings. The number of nitrogen functional groups attached to an aromatic ring is 1. The second kappa shape index (κ2) is 4.12. The van der Waals surface area contributed by atoms with Crippen LogP contribution in [-0.4, -0.2) is 9.78 Å². The number of fused-ring (bicyclic) bond motifs is 2. The summed E-state index contributed by atoms with van der Waals surface area (Å²) in [6.07, 6.45) is 5.53. The quantitative estimate of drug-likeness (QED) is 0.892. The molecule has 3 unspecified atom stereocenters. The van der Waals surface area contributed by atoms with Crippen LogP contribution in [-0.2, 0) is 0 Å². The van der Waals surface area contributed by atoms with Crippen molar-refractivity contribution in [3.63, 3.8) is 0 Å². The minimum Gasteiger partial charge on any atom is -0.384 e. The molecule has 0 amide bonds. The van der Waals surface area contributed by atoms with Crippen molar-refractivity contribution in [1.82, 2.24) is 9.78 Å². The standard InChI is InChI=1S/C16H19N3/c17-16-10-15(14-9-11-6-7-12(14)8-11)18-19(16)13-4-2-1-3-5-13/h1-5,10-12,14H,6-9,17H2. The summed E-state index contributed by atoms with van der Waals surface area (Å²) >= 11 is 0. The van der Waals surface area contributed by atoms with E-state index in [1.807, 2.05) is 35.0 Å². The predicted molar refractivity (Wildman–Crippen MR) is 76.2 cm³/mol. The van der Waals surface area contributed by atoms with Crippen molar-refractivity contribution >= 4 is 5.82 Å². The van der Waals surface area contributed by atoms with E-state index < -0.39 is 0 Å². The van der Waals surface area contributed by atoms with Gasteiger partial charge in [0.15, 0.2) is 0 Å². The Bertz CT molecular complexity index is 587. The summed E-state index contributed by atoms with van der Waals surface area (Å²) in [4.78, 5) is 0. The van der Waals surface area contributed by atoms with Gasteiger partial charge >= 0.3 is 0 Å². The fourth-order valence-electron chi connectivity index (χ4n) is 3.98. The molecule has 3 nitrogen and oxygen atoms in total. The van der Waals surface area contributed by atoms with Crippen molar-refractivity contribution in [3.8, 4) is 5.69 Å². The lowest BCUT2D eigenvalue weighted by molar-refractivity contribution is 0.411. The van der Waals surface area contributed by atoms with Crippen molar-refractivity contribution in [3.05, 3.63) is 42.1 Å². The van der Waals surface area contributed by atoms with E-state index in [-0.39, 0.29) is 0 Å². The number of nitrogens with zero attached hydrogens (tertiary/aromatic N) is 2. The monoisotopic (exact) mass is 253 g/mol. The molecule has 19 heavy (non-hydrogen) atoms. The van der Waals surface area contributed by atoms with Gasteiger partial charge in [-0.25, -0.2) is 4.68 Å². The molecule has 3 atom stereocenters. The van der Waals surface area contributed by atoms with Crippen molar-refractivity contribution < 1.29 is 0 Å². The van der Waals surface area contributed by atoms with Crippen LogP contribution in [0.1, 0.15) is 37.3 Å². The Morgan fingerprint density at radius 1 is 1.11 bits per heavy atom. The highest BCUT2D eigenvalue weighted by Crippen LogP contribution is 2.52. The Labute approximate surface area is 113 Å². The fourth-order valence-corrected chi connectivity index (χ4v) is 3.98. The van der Waals surface area contributed by atoms with E-state index in [1.165, 1.54) is 31.4 Å². The fraction of sp³-hybridized carbons (Fsp3) is 0.438. The maximum atomic E-state index is 6.14. The van der Waals surface area contributed by atoms with Crippen molar-refractivity contribution in [2.45, 2.75) is 31.6 Å². The van der Waals surface area contributed by atoms with E-state index in [2.05, 4.69) is 6.07 Å². The molecule has 0 saturated heterocycles. The molecule has 1 aromatic heterocycles. The molecule has 0 aliphatic heterocycles. The second-order valence-electron chi connectivity index (χ2n) is 6.02. The average Bonchev–Trinajstić information content (AvgIpc) is 3.14. The number of aromatic nitrogens is 2. The van der Waals surface area contributed by atoms with Crippen LogP contribution in [0.3, 0.4) is 0 Å². The maximum absolute atomic E-state index is 6.14. The topological polar surface area (TPSA) is 43.8 Å². The van der Waals surface area contributed by atoms with Crippen LogP contribution in [0.4, 0.5) is 5.82 Å². The lowest BCUT2D eigenvalue weighted by Gasteiger charge is -2.19. The van der Waals surface area contributed by atoms with Gasteiger partial charge in [-0.05, 0) is 43.2 Å². The van der Waals surface area contributed by atoms with Gasteiger partial charge in [-0.15, -0.1) is 0 Å². The summed E-state index contributed by atoms with van der Waals surface area (Å²) in [5, 5.41) is 4.77. The normalized spacial score (nSPS) is 28.9. The van der Waals surface area contributed by atoms with Crippen molar-refractivity contribution in [2.24, 2.45) is 11.8 Å². The molecule has 2 aromatic rings. The number of hydrogen-bond acceptors (Lipinski definition) is 2.